The van der Waals surface area contributed by atoms with Crippen molar-refractivity contribution in [2.45, 2.75) is 51.9 Å². The molecule has 0 spiro atoms. The Kier molecular flexibility index (Phi) is 4.20. The van der Waals surface area contributed by atoms with Gasteiger partial charge in [-0.3, -0.25) is 0 Å². The molecule has 0 radical (unpaired) electrons. The molecule has 0 aliphatic carbocycles. The van der Waals surface area contributed by atoms with Crippen LogP contribution in [0.5, 0.6) is 0 Å². The molecule has 0 bridgehead atoms. The molecule has 0 saturated heterocycles. The Labute approximate surface area is 60.7 Å². The van der Waals surface area contributed by atoms with Gasteiger partial charge in [-0.25, -0.2) is 0 Å². The van der Waals surface area contributed by atoms with Crippen LogP contribution in [-0.4, -0.2) is 8.07 Å². The van der Waals surface area contributed by atoms with Gasteiger partial charge < -0.3 is 0 Å². The van der Waals surface area contributed by atoms with Crippen LogP contribution >= 0.6 is 0 Å². The van der Waals surface area contributed by atoms with Gasteiger partial charge in [-0.05, 0) is 0 Å². The maximum Gasteiger partial charge on any atom is 0.0471 e. The van der Waals surface area contributed by atoms with E-state index >= 15 is 0 Å². The zero-order chi connectivity index (χ0) is 7.33. The third kappa shape index (κ3) is 4.70. The molecule has 0 atom stereocenters. The van der Waals surface area contributed by atoms with Gasteiger partial charge >= 0.3 is 0 Å². The lowest BCUT2D eigenvalue weighted by Gasteiger charge is -2.18. The average molecular weight is 144 g/mol. The maximum atomic E-state index is 2.49. The molecule has 56 valence electrons. The zero-order valence-electron chi connectivity index (χ0n) is 7.33. The maximum absolute atomic E-state index is 2.49. The molecule has 0 amide bonds. The van der Waals surface area contributed by atoms with Gasteiger partial charge in [-0.15, -0.1) is 0 Å². The molecule has 0 nitrogen and oxygen atoms in total. The molecule has 0 unspecified atom stereocenters. The van der Waals surface area contributed by atoms with Crippen LogP contribution in [0.3, 0.4) is 0 Å². The highest BCUT2D eigenvalue weighted by Gasteiger charge is 2.15. The largest absolute Gasteiger partial charge is 0.0694 e. The summed E-state index contributed by atoms with van der Waals surface area (Å²) in [7, 11) is -0.698. The normalized spacial score (nSPS) is 12.0. The van der Waals surface area contributed by atoms with E-state index in [0.29, 0.717) is 0 Å². The molecule has 0 aromatic carbocycles. The fraction of sp³-hybridized carbons (Fsp3) is 1.00. The standard InChI is InChI=1S/C8H20Si/c1-5-7-8-9(3,4)6-2/h5-8H2,1-4H3. The molecule has 9 heavy (non-hydrogen) atoms. The van der Waals surface area contributed by atoms with Gasteiger partial charge in [0.05, 0.1) is 0 Å². The smallest absolute Gasteiger partial charge is 0.0471 e. The topological polar surface area (TPSA) is 0 Å². The quantitative estimate of drug-likeness (QED) is 0.530. The SMILES string of the molecule is CCCC[Si](C)(C)CC. The number of rotatable bonds is 4. The van der Waals surface area contributed by atoms with Gasteiger partial charge in [-0.2, -0.15) is 0 Å². The molecular weight excluding hydrogens is 124 g/mol. The van der Waals surface area contributed by atoms with Crippen LogP contribution in [0.1, 0.15) is 26.7 Å². The minimum Gasteiger partial charge on any atom is -0.0694 e. The van der Waals surface area contributed by atoms with E-state index in [1.807, 2.05) is 0 Å². The second-order valence-corrected chi connectivity index (χ2v) is 9.16. The van der Waals surface area contributed by atoms with Gasteiger partial charge in [0, 0.05) is 8.07 Å². The fourth-order valence-electron chi connectivity index (χ4n) is 0.832. The van der Waals surface area contributed by atoms with E-state index in [1.54, 1.807) is 0 Å². The first-order valence-electron chi connectivity index (χ1n) is 4.12. The number of hydrogen-bond donors (Lipinski definition) is 0. The Morgan fingerprint density at radius 1 is 1.11 bits per heavy atom. The molecule has 0 saturated carbocycles. The summed E-state index contributed by atoms with van der Waals surface area (Å²) in [5.41, 5.74) is 0. The number of unbranched alkanes of at least 4 members (excludes halogenated alkanes) is 1. The van der Waals surface area contributed by atoms with E-state index in [2.05, 4.69) is 26.9 Å². The molecule has 0 aromatic heterocycles. The van der Waals surface area contributed by atoms with Crippen molar-refractivity contribution in [1.29, 1.82) is 0 Å². The lowest BCUT2D eigenvalue weighted by molar-refractivity contribution is 0.864. The first kappa shape index (κ1) is 9.22. The lowest BCUT2D eigenvalue weighted by atomic mass is 10.4. The van der Waals surface area contributed by atoms with Crippen LogP contribution in [0, 0.1) is 0 Å². The predicted molar refractivity (Wildman–Crippen MR) is 47.7 cm³/mol. The van der Waals surface area contributed by atoms with Crippen molar-refractivity contribution in [1.82, 2.24) is 0 Å². The molecule has 0 fully saturated rings. The summed E-state index contributed by atoms with van der Waals surface area (Å²) in [6.45, 7) is 9.59. The van der Waals surface area contributed by atoms with E-state index in [9.17, 15) is 0 Å². The molecule has 0 N–H and O–H groups in total. The van der Waals surface area contributed by atoms with E-state index < -0.39 is 8.07 Å². The monoisotopic (exact) mass is 144 g/mol. The molecule has 1 heteroatoms. The summed E-state index contributed by atoms with van der Waals surface area (Å²) in [4.78, 5) is 0. The van der Waals surface area contributed by atoms with E-state index in [0.717, 1.165) is 0 Å². The van der Waals surface area contributed by atoms with Gasteiger partial charge in [0.2, 0.25) is 0 Å². The second kappa shape index (κ2) is 4.10. The highest BCUT2D eigenvalue weighted by molar-refractivity contribution is 6.77. The predicted octanol–water partition coefficient (Wildman–Crippen LogP) is 3.51. The minimum atomic E-state index is -0.698. The van der Waals surface area contributed by atoms with Crippen molar-refractivity contribution in [3.63, 3.8) is 0 Å². The van der Waals surface area contributed by atoms with Crippen molar-refractivity contribution >= 4 is 8.07 Å². The third-order valence-corrected chi connectivity index (χ3v) is 5.79. The van der Waals surface area contributed by atoms with Crippen LogP contribution in [-0.2, 0) is 0 Å². The zero-order valence-corrected chi connectivity index (χ0v) is 8.33. The van der Waals surface area contributed by atoms with E-state index in [1.165, 1.54) is 24.9 Å². The van der Waals surface area contributed by atoms with Gasteiger partial charge in [0.25, 0.3) is 0 Å². The first-order valence-corrected chi connectivity index (χ1v) is 7.54. The Balaban J connectivity index is 3.33. The van der Waals surface area contributed by atoms with Crippen molar-refractivity contribution in [3.8, 4) is 0 Å². The van der Waals surface area contributed by atoms with Crippen molar-refractivity contribution in [3.05, 3.63) is 0 Å². The molecule has 0 aromatic rings. The van der Waals surface area contributed by atoms with Crippen LogP contribution in [0.25, 0.3) is 0 Å². The molecular formula is C8H20Si. The molecule has 0 aliphatic heterocycles. The Morgan fingerprint density at radius 2 is 1.67 bits per heavy atom. The Hall–Kier alpha value is 0.217. The summed E-state index contributed by atoms with van der Waals surface area (Å²) < 4.78 is 0. The minimum absolute atomic E-state index is 0.698. The summed E-state index contributed by atoms with van der Waals surface area (Å²) in [6, 6.07) is 2.98. The molecule has 0 heterocycles. The van der Waals surface area contributed by atoms with E-state index in [-0.39, 0.29) is 0 Å². The second-order valence-electron chi connectivity index (χ2n) is 3.62. The van der Waals surface area contributed by atoms with Crippen LogP contribution in [0.2, 0.25) is 25.2 Å². The summed E-state index contributed by atoms with van der Waals surface area (Å²) >= 11 is 0. The van der Waals surface area contributed by atoms with Gasteiger partial charge in [0.15, 0.2) is 0 Å². The van der Waals surface area contributed by atoms with E-state index in [4.69, 9.17) is 0 Å². The van der Waals surface area contributed by atoms with Crippen molar-refractivity contribution in [2.24, 2.45) is 0 Å². The fourth-order valence-corrected chi connectivity index (χ4v) is 2.50. The van der Waals surface area contributed by atoms with Crippen molar-refractivity contribution < 1.29 is 0 Å². The summed E-state index contributed by atoms with van der Waals surface area (Å²) in [5, 5.41) is 0. The molecule has 0 aliphatic rings. The van der Waals surface area contributed by atoms with Crippen molar-refractivity contribution in [2.75, 3.05) is 0 Å². The average Bonchev–Trinajstić information content (AvgIpc) is 1.84. The van der Waals surface area contributed by atoms with Crippen LogP contribution in [0.15, 0.2) is 0 Å². The number of hydrogen-bond acceptors (Lipinski definition) is 0. The highest BCUT2D eigenvalue weighted by atomic mass is 28.3. The first-order chi connectivity index (χ1) is 4.12. The summed E-state index contributed by atoms with van der Waals surface area (Å²) in [6.07, 6.45) is 2.82. The Morgan fingerprint density at radius 3 is 2.00 bits per heavy atom. The summed E-state index contributed by atoms with van der Waals surface area (Å²) in [5.74, 6) is 0. The van der Waals surface area contributed by atoms with Crippen LogP contribution < -0.4 is 0 Å². The Bertz CT molecular complexity index is 67.0. The highest BCUT2D eigenvalue weighted by Crippen LogP contribution is 2.17. The van der Waals surface area contributed by atoms with Crippen LogP contribution in [0.4, 0.5) is 0 Å². The van der Waals surface area contributed by atoms with Gasteiger partial charge in [0.1, 0.15) is 0 Å². The van der Waals surface area contributed by atoms with Gasteiger partial charge in [-0.1, -0.05) is 51.9 Å². The third-order valence-electron chi connectivity index (χ3n) is 2.16. The molecule has 0 rings (SSSR count). The lowest BCUT2D eigenvalue weighted by Crippen LogP contribution is -2.22.